The molecule has 1 heterocycles. The number of cyclic esters (lactones) is 1. The molecule has 4 heteroatoms. The highest BCUT2D eigenvalue weighted by atomic mass is 16.6. The standard InChI is InChI=1S/C21H25NO3/c1-2-3-14-18(16-10-6-4-7-11-16)20(23)22-19(15-25-21(22)24)17-12-8-5-9-13-17/h2,5,8-9,12-14,16,18-19H,4,6-7,10-11,15H2,1H3/t3?,18-,19+/m1/s1. The van der Waals surface area contributed by atoms with Crippen LogP contribution in [0.3, 0.4) is 0 Å². The molecule has 25 heavy (non-hydrogen) atoms. The molecular weight excluding hydrogens is 314 g/mol. The van der Waals surface area contributed by atoms with Gasteiger partial charge in [-0.25, -0.2) is 9.69 Å². The molecule has 1 saturated heterocycles. The smallest absolute Gasteiger partial charge is 0.417 e. The van der Waals surface area contributed by atoms with Crippen molar-refractivity contribution < 1.29 is 14.3 Å². The van der Waals surface area contributed by atoms with Crippen molar-refractivity contribution in [3.63, 3.8) is 0 Å². The predicted molar refractivity (Wildman–Crippen MR) is 95.8 cm³/mol. The SMILES string of the molecule is CC=C=C[C@@H](C(=O)N1C(=O)OC[C@H]1c1ccccc1)C1CCCCC1. The second-order valence-electron chi connectivity index (χ2n) is 6.76. The molecule has 3 rings (SSSR count). The molecule has 2 aliphatic rings. The summed E-state index contributed by atoms with van der Waals surface area (Å²) in [5.74, 6) is -0.190. The molecule has 4 nitrogen and oxygen atoms in total. The summed E-state index contributed by atoms with van der Waals surface area (Å²) in [6, 6.07) is 9.28. The molecule has 2 fully saturated rings. The fourth-order valence-electron chi connectivity index (χ4n) is 3.85. The summed E-state index contributed by atoms with van der Waals surface area (Å²) in [6.45, 7) is 2.11. The van der Waals surface area contributed by atoms with Crippen LogP contribution < -0.4 is 0 Å². The Labute approximate surface area is 149 Å². The molecule has 132 valence electrons. The molecule has 0 bridgehead atoms. The topological polar surface area (TPSA) is 46.6 Å². The summed E-state index contributed by atoms with van der Waals surface area (Å²) in [6.07, 6.45) is 8.67. The van der Waals surface area contributed by atoms with E-state index < -0.39 is 6.09 Å². The first-order chi connectivity index (χ1) is 12.2. The van der Waals surface area contributed by atoms with E-state index in [0.29, 0.717) is 0 Å². The van der Waals surface area contributed by atoms with Gasteiger partial charge in [-0.3, -0.25) is 4.79 Å². The molecule has 2 amide bonds. The van der Waals surface area contributed by atoms with Crippen LogP contribution >= 0.6 is 0 Å². The average Bonchev–Trinajstić information content (AvgIpc) is 3.05. The number of carbonyl (C=O) groups is 2. The molecule has 1 aromatic rings. The van der Waals surface area contributed by atoms with E-state index in [1.54, 1.807) is 6.08 Å². The Bertz CT molecular complexity index is 670. The zero-order valence-corrected chi connectivity index (χ0v) is 14.7. The summed E-state index contributed by atoms with van der Waals surface area (Å²) >= 11 is 0. The van der Waals surface area contributed by atoms with Gasteiger partial charge < -0.3 is 4.74 Å². The lowest BCUT2D eigenvalue weighted by Gasteiger charge is -2.30. The van der Waals surface area contributed by atoms with E-state index >= 15 is 0 Å². The van der Waals surface area contributed by atoms with Crippen molar-refractivity contribution in [3.05, 3.63) is 53.8 Å². The van der Waals surface area contributed by atoms with E-state index in [1.807, 2.05) is 43.3 Å². The van der Waals surface area contributed by atoms with Gasteiger partial charge in [0.15, 0.2) is 0 Å². The number of ether oxygens (including phenoxy) is 1. The largest absolute Gasteiger partial charge is 0.446 e. The third-order valence-corrected chi connectivity index (χ3v) is 5.18. The van der Waals surface area contributed by atoms with Gasteiger partial charge in [0.25, 0.3) is 0 Å². The van der Waals surface area contributed by atoms with Crippen LogP contribution in [0.25, 0.3) is 0 Å². The van der Waals surface area contributed by atoms with E-state index in [0.717, 1.165) is 31.2 Å². The van der Waals surface area contributed by atoms with E-state index in [2.05, 4.69) is 5.73 Å². The maximum atomic E-state index is 13.3. The molecule has 0 unspecified atom stereocenters. The second-order valence-corrected chi connectivity index (χ2v) is 6.76. The Morgan fingerprint density at radius 2 is 1.96 bits per heavy atom. The Hall–Kier alpha value is -2.32. The van der Waals surface area contributed by atoms with Gasteiger partial charge >= 0.3 is 6.09 Å². The third-order valence-electron chi connectivity index (χ3n) is 5.18. The number of imide groups is 1. The molecular formula is C21H25NO3. The van der Waals surface area contributed by atoms with Crippen LogP contribution in [0, 0.1) is 11.8 Å². The van der Waals surface area contributed by atoms with Crippen molar-refractivity contribution in [1.29, 1.82) is 0 Å². The van der Waals surface area contributed by atoms with Crippen molar-refractivity contribution in [2.75, 3.05) is 6.61 Å². The lowest BCUT2D eigenvalue weighted by atomic mass is 9.79. The van der Waals surface area contributed by atoms with Crippen LogP contribution in [0.1, 0.15) is 50.6 Å². The lowest BCUT2D eigenvalue weighted by Crippen LogP contribution is -2.41. The second kappa shape index (κ2) is 8.17. The number of amides is 2. The maximum Gasteiger partial charge on any atom is 0.417 e. The Morgan fingerprint density at radius 3 is 2.64 bits per heavy atom. The molecule has 1 aliphatic heterocycles. The zero-order chi connectivity index (χ0) is 17.6. The number of rotatable bonds is 4. The van der Waals surface area contributed by atoms with Crippen molar-refractivity contribution in [2.24, 2.45) is 11.8 Å². The minimum Gasteiger partial charge on any atom is -0.446 e. The first kappa shape index (κ1) is 17.5. The van der Waals surface area contributed by atoms with Crippen molar-refractivity contribution in [1.82, 2.24) is 4.90 Å². The maximum absolute atomic E-state index is 13.3. The molecule has 2 atom stereocenters. The Kier molecular flexibility index (Phi) is 5.72. The van der Waals surface area contributed by atoms with Gasteiger partial charge in [0, 0.05) is 0 Å². The van der Waals surface area contributed by atoms with Gasteiger partial charge in [-0.15, -0.1) is 5.73 Å². The molecule has 0 aromatic heterocycles. The van der Waals surface area contributed by atoms with Gasteiger partial charge in [-0.2, -0.15) is 0 Å². The van der Waals surface area contributed by atoms with Crippen LogP contribution in [0.4, 0.5) is 4.79 Å². The summed E-state index contributed by atoms with van der Waals surface area (Å²) < 4.78 is 5.22. The summed E-state index contributed by atoms with van der Waals surface area (Å²) in [5.41, 5.74) is 4.00. The molecule has 0 spiro atoms. The Balaban J connectivity index is 1.88. The van der Waals surface area contributed by atoms with Crippen molar-refractivity contribution >= 4 is 12.0 Å². The quantitative estimate of drug-likeness (QED) is 0.751. The van der Waals surface area contributed by atoms with Gasteiger partial charge in [0.05, 0.1) is 5.92 Å². The van der Waals surface area contributed by atoms with E-state index in [1.165, 1.54) is 11.3 Å². The predicted octanol–water partition coefficient (Wildman–Crippen LogP) is 4.63. The number of hydrogen-bond donors (Lipinski definition) is 0. The molecule has 1 aliphatic carbocycles. The Morgan fingerprint density at radius 1 is 1.24 bits per heavy atom. The summed E-state index contributed by atoms with van der Waals surface area (Å²) in [4.78, 5) is 26.9. The molecule has 1 saturated carbocycles. The normalized spacial score (nSPS) is 22.0. The van der Waals surface area contributed by atoms with Crippen LogP contribution in [0.15, 0.2) is 48.2 Å². The van der Waals surface area contributed by atoms with E-state index in [4.69, 9.17) is 4.74 Å². The zero-order valence-electron chi connectivity index (χ0n) is 14.7. The summed E-state index contributed by atoms with van der Waals surface area (Å²) in [7, 11) is 0. The van der Waals surface area contributed by atoms with Gasteiger partial charge in [0.1, 0.15) is 12.6 Å². The van der Waals surface area contributed by atoms with Gasteiger partial charge in [-0.1, -0.05) is 49.6 Å². The van der Waals surface area contributed by atoms with Crippen LogP contribution in [0.5, 0.6) is 0 Å². The van der Waals surface area contributed by atoms with Crippen molar-refractivity contribution in [2.45, 2.75) is 45.1 Å². The first-order valence-corrected chi connectivity index (χ1v) is 9.14. The van der Waals surface area contributed by atoms with E-state index in [-0.39, 0.29) is 30.4 Å². The number of hydrogen-bond acceptors (Lipinski definition) is 3. The number of nitrogens with zero attached hydrogens (tertiary/aromatic N) is 1. The third kappa shape index (κ3) is 3.85. The van der Waals surface area contributed by atoms with Crippen LogP contribution in [-0.4, -0.2) is 23.5 Å². The highest BCUT2D eigenvalue weighted by molar-refractivity contribution is 5.96. The minimum atomic E-state index is -0.534. The minimum absolute atomic E-state index is 0.155. The molecule has 1 aromatic carbocycles. The summed E-state index contributed by atoms with van der Waals surface area (Å²) in [5, 5.41) is 0. The number of benzene rings is 1. The highest BCUT2D eigenvalue weighted by Gasteiger charge is 2.42. The van der Waals surface area contributed by atoms with Gasteiger partial charge in [0.2, 0.25) is 5.91 Å². The first-order valence-electron chi connectivity index (χ1n) is 9.14. The monoisotopic (exact) mass is 339 g/mol. The molecule has 0 N–H and O–H groups in total. The molecule has 0 radical (unpaired) electrons. The fourth-order valence-corrected chi connectivity index (χ4v) is 3.85. The lowest BCUT2D eigenvalue weighted by molar-refractivity contribution is -0.133. The average molecular weight is 339 g/mol. The fraction of sp³-hybridized carbons (Fsp3) is 0.476. The van der Waals surface area contributed by atoms with Crippen LogP contribution in [-0.2, 0) is 9.53 Å². The van der Waals surface area contributed by atoms with Crippen LogP contribution in [0.2, 0.25) is 0 Å². The van der Waals surface area contributed by atoms with Gasteiger partial charge in [-0.05, 0) is 43.4 Å². The van der Waals surface area contributed by atoms with Crippen molar-refractivity contribution in [3.8, 4) is 0 Å². The highest BCUT2D eigenvalue weighted by Crippen LogP contribution is 2.35. The number of carbonyl (C=O) groups excluding carboxylic acids is 2. The van der Waals surface area contributed by atoms with E-state index in [9.17, 15) is 9.59 Å².